The van der Waals surface area contributed by atoms with Gasteiger partial charge in [-0.15, -0.1) is 0 Å². The molecule has 0 saturated carbocycles. The van der Waals surface area contributed by atoms with E-state index in [2.05, 4.69) is 58.1 Å². The molecule has 1 fully saturated rings. The first-order valence-electron chi connectivity index (χ1n) is 15.0. The molecule has 0 unspecified atom stereocenters. The largest absolute Gasteiger partial charge is 0.396 e. The van der Waals surface area contributed by atoms with Crippen molar-refractivity contribution in [1.29, 1.82) is 0 Å². The lowest BCUT2D eigenvalue weighted by Crippen LogP contribution is -2.40. The van der Waals surface area contributed by atoms with Crippen molar-refractivity contribution in [3.63, 3.8) is 0 Å². The Balaban J connectivity index is 1.93. The Labute approximate surface area is 251 Å². The Bertz CT molecular complexity index is 1250. The van der Waals surface area contributed by atoms with E-state index >= 15 is 0 Å². The van der Waals surface area contributed by atoms with Crippen LogP contribution in [0.1, 0.15) is 68.4 Å². The predicted molar refractivity (Wildman–Crippen MR) is 171 cm³/mol. The van der Waals surface area contributed by atoms with Gasteiger partial charge in [0.15, 0.2) is 0 Å². The van der Waals surface area contributed by atoms with Crippen molar-refractivity contribution < 1.29 is 19.4 Å². The van der Waals surface area contributed by atoms with Gasteiger partial charge >= 0.3 is 0 Å². The van der Waals surface area contributed by atoms with Crippen LogP contribution in [0.25, 0.3) is 11.1 Å². The first-order chi connectivity index (χ1) is 20.3. The Morgan fingerprint density at radius 1 is 1.10 bits per heavy atom. The van der Waals surface area contributed by atoms with Gasteiger partial charge in [-0.1, -0.05) is 29.8 Å². The number of nitrogens with one attached hydrogen (secondary N) is 3. The second-order valence-electron chi connectivity index (χ2n) is 11.0. The Kier molecular flexibility index (Phi) is 13.3. The van der Waals surface area contributed by atoms with Crippen LogP contribution < -0.4 is 20.9 Å². The molecule has 1 heterocycles. The SMILES string of the molecule is CCN(c1cc(-c2ccc(CNCCCO)cc2)cc(C(=O)NC/C(C)=C(C)/C=C(/C)NC=O)c1C)C1CCOCC1. The molecule has 4 N–H and O–H groups in total. The van der Waals surface area contributed by atoms with Gasteiger partial charge < -0.3 is 30.7 Å². The molecule has 0 bridgehead atoms. The average molecular weight is 577 g/mol. The highest BCUT2D eigenvalue weighted by Crippen LogP contribution is 2.34. The maximum Gasteiger partial charge on any atom is 0.251 e. The molecule has 0 atom stereocenters. The van der Waals surface area contributed by atoms with E-state index in [0.717, 1.165) is 91.3 Å². The van der Waals surface area contributed by atoms with Crippen LogP contribution in [0.15, 0.2) is 59.3 Å². The van der Waals surface area contributed by atoms with E-state index < -0.39 is 0 Å². The van der Waals surface area contributed by atoms with Gasteiger partial charge in [0.05, 0.1) is 0 Å². The van der Waals surface area contributed by atoms with Crippen molar-refractivity contribution in [2.75, 3.05) is 44.4 Å². The third kappa shape index (κ3) is 9.28. The van der Waals surface area contributed by atoms with E-state index in [0.29, 0.717) is 24.6 Å². The predicted octanol–water partition coefficient (Wildman–Crippen LogP) is 4.86. The third-order valence-corrected chi connectivity index (χ3v) is 7.94. The topological polar surface area (TPSA) is 103 Å². The zero-order valence-corrected chi connectivity index (χ0v) is 25.9. The van der Waals surface area contributed by atoms with Crippen molar-refractivity contribution >= 4 is 18.0 Å². The molecular weight excluding hydrogens is 528 g/mol. The third-order valence-electron chi connectivity index (χ3n) is 7.94. The van der Waals surface area contributed by atoms with Crippen LogP contribution in [0.2, 0.25) is 0 Å². The first-order valence-corrected chi connectivity index (χ1v) is 15.0. The van der Waals surface area contributed by atoms with Crippen molar-refractivity contribution in [3.05, 3.63) is 76.0 Å². The highest BCUT2D eigenvalue weighted by molar-refractivity contribution is 5.99. The van der Waals surface area contributed by atoms with Gasteiger partial charge in [-0.3, -0.25) is 9.59 Å². The van der Waals surface area contributed by atoms with Crippen molar-refractivity contribution in [3.8, 4) is 11.1 Å². The lowest BCUT2D eigenvalue weighted by Gasteiger charge is -2.37. The fourth-order valence-corrected chi connectivity index (χ4v) is 5.30. The molecule has 2 amide bonds. The number of carbonyl (C=O) groups excluding carboxylic acids is 2. The number of allylic oxidation sites excluding steroid dienone is 3. The number of nitrogens with zero attached hydrogens (tertiary/aromatic N) is 1. The molecule has 228 valence electrons. The summed E-state index contributed by atoms with van der Waals surface area (Å²) < 4.78 is 5.64. The van der Waals surface area contributed by atoms with Gasteiger partial charge in [0.1, 0.15) is 0 Å². The molecule has 0 spiro atoms. The van der Waals surface area contributed by atoms with E-state index in [9.17, 15) is 9.59 Å². The number of rotatable bonds is 15. The van der Waals surface area contributed by atoms with Crippen LogP contribution in [0, 0.1) is 6.92 Å². The molecular formula is C34H48N4O4. The summed E-state index contributed by atoms with van der Waals surface area (Å²) in [4.78, 5) is 26.9. The first kappa shape index (κ1) is 33.0. The highest BCUT2D eigenvalue weighted by atomic mass is 16.5. The van der Waals surface area contributed by atoms with Gasteiger partial charge in [-0.05, 0) is 106 Å². The number of aliphatic hydroxyl groups excluding tert-OH is 1. The summed E-state index contributed by atoms with van der Waals surface area (Å²) in [6.45, 7) is 14.5. The quantitative estimate of drug-likeness (QED) is 0.137. The molecule has 0 aromatic heterocycles. The number of hydrogen-bond donors (Lipinski definition) is 4. The average Bonchev–Trinajstić information content (AvgIpc) is 3.00. The maximum atomic E-state index is 13.7. The summed E-state index contributed by atoms with van der Waals surface area (Å²) in [5, 5.41) is 18.1. The lowest BCUT2D eigenvalue weighted by atomic mass is 9.94. The number of ether oxygens (including phenoxy) is 1. The molecule has 3 rings (SSSR count). The maximum absolute atomic E-state index is 13.7. The van der Waals surface area contributed by atoms with Gasteiger partial charge in [-0.25, -0.2) is 0 Å². The van der Waals surface area contributed by atoms with Gasteiger partial charge in [0.25, 0.3) is 5.91 Å². The zero-order valence-electron chi connectivity index (χ0n) is 25.9. The normalized spacial score (nSPS) is 14.8. The fraction of sp³-hybridized carbons (Fsp3) is 0.471. The van der Waals surface area contributed by atoms with Crippen molar-refractivity contribution in [2.24, 2.45) is 0 Å². The summed E-state index contributed by atoms with van der Waals surface area (Å²) in [5.41, 5.74) is 8.73. The summed E-state index contributed by atoms with van der Waals surface area (Å²) in [7, 11) is 0. The number of aliphatic hydroxyl groups is 1. The van der Waals surface area contributed by atoms with E-state index in [1.807, 2.05) is 39.8 Å². The molecule has 0 aliphatic carbocycles. The Morgan fingerprint density at radius 3 is 2.45 bits per heavy atom. The Hall–Kier alpha value is -3.46. The molecule has 2 aromatic rings. The molecule has 1 saturated heterocycles. The molecule has 2 aromatic carbocycles. The van der Waals surface area contributed by atoms with Crippen LogP contribution in [-0.2, 0) is 16.1 Å². The zero-order chi connectivity index (χ0) is 30.5. The van der Waals surface area contributed by atoms with Crippen molar-refractivity contribution in [2.45, 2.75) is 66.5 Å². The van der Waals surface area contributed by atoms with E-state index in [-0.39, 0.29) is 12.5 Å². The number of hydrogen-bond acceptors (Lipinski definition) is 6. The van der Waals surface area contributed by atoms with Crippen LogP contribution in [0.4, 0.5) is 5.69 Å². The molecule has 0 radical (unpaired) electrons. The van der Waals surface area contributed by atoms with Gasteiger partial charge in [0.2, 0.25) is 6.41 Å². The second-order valence-corrected chi connectivity index (χ2v) is 11.0. The molecule has 1 aliphatic rings. The number of amides is 2. The molecule has 1 aliphatic heterocycles. The number of anilines is 1. The van der Waals surface area contributed by atoms with Gasteiger partial charge in [0, 0.05) is 62.4 Å². The monoisotopic (exact) mass is 576 g/mol. The minimum absolute atomic E-state index is 0.109. The molecule has 8 heteroatoms. The Morgan fingerprint density at radius 2 is 1.81 bits per heavy atom. The standard InChI is InChI=1S/C34H48N4O4/c1-6-38(31-12-16-42-17-13-31)33-20-30(29-10-8-28(9-11-29)22-35-14-7-15-39)19-32(27(33)5)34(41)36-21-25(3)24(2)18-26(4)37-23-40/h8-11,18-20,23,31,35,39H,6-7,12-17,21-22H2,1-5H3,(H,36,41)(H,37,40)/b25-24+,26-18-. The second kappa shape index (κ2) is 16.9. The summed E-state index contributed by atoms with van der Waals surface area (Å²) in [6.07, 6.45) is 5.23. The van der Waals surface area contributed by atoms with E-state index in [1.54, 1.807) is 0 Å². The van der Waals surface area contributed by atoms with Crippen LogP contribution in [0.3, 0.4) is 0 Å². The minimum Gasteiger partial charge on any atom is -0.396 e. The highest BCUT2D eigenvalue weighted by Gasteiger charge is 2.25. The summed E-state index contributed by atoms with van der Waals surface area (Å²) in [6, 6.07) is 13.0. The van der Waals surface area contributed by atoms with E-state index in [4.69, 9.17) is 9.84 Å². The molecule has 8 nitrogen and oxygen atoms in total. The molecule has 42 heavy (non-hydrogen) atoms. The lowest BCUT2D eigenvalue weighted by molar-refractivity contribution is -0.108. The van der Waals surface area contributed by atoms with Crippen LogP contribution in [0.5, 0.6) is 0 Å². The van der Waals surface area contributed by atoms with E-state index in [1.165, 1.54) is 5.56 Å². The summed E-state index contributed by atoms with van der Waals surface area (Å²) >= 11 is 0. The smallest absolute Gasteiger partial charge is 0.251 e. The summed E-state index contributed by atoms with van der Waals surface area (Å²) in [5.74, 6) is -0.109. The number of benzene rings is 2. The van der Waals surface area contributed by atoms with Crippen LogP contribution >= 0.6 is 0 Å². The van der Waals surface area contributed by atoms with Gasteiger partial charge in [-0.2, -0.15) is 0 Å². The fourth-order valence-electron chi connectivity index (χ4n) is 5.30. The number of carbonyl (C=O) groups is 2. The van der Waals surface area contributed by atoms with Crippen molar-refractivity contribution in [1.82, 2.24) is 16.0 Å². The van der Waals surface area contributed by atoms with Crippen LogP contribution in [-0.4, -0.2) is 62.9 Å². The minimum atomic E-state index is -0.109.